The molecule has 94 valence electrons. The van der Waals surface area contributed by atoms with Crippen LogP contribution in [0.2, 0.25) is 0 Å². The fourth-order valence-corrected chi connectivity index (χ4v) is 1.51. The molecule has 0 spiro atoms. The average molecular weight is 311 g/mol. The molecule has 0 aliphatic rings. The van der Waals surface area contributed by atoms with Crippen molar-refractivity contribution in [3.63, 3.8) is 0 Å². The molecule has 0 aromatic carbocycles. The SMILES string of the molecule is CN(CCC(F)(F)F)C(=O)c1cncc(Br)c1. The summed E-state index contributed by atoms with van der Waals surface area (Å²) in [5.41, 5.74) is 0.254. The van der Waals surface area contributed by atoms with Crippen LogP contribution in [-0.4, -0.2) is 35.6 Å². The van der Waals surface area contributed by atoms with Crippen molar-refractivity contribution in [2.45, 2.75) is 12.6 Å². The summed E-state index contributed by atoms with van der Waals surface area (Å²) in [4.78, 5) is 16.5. The van der Waals surface area contributed by atoms with Crippen LogP contribution in [0.4, 0.5) is 13.2 Å². The summed E-state index contributed by atoms with van der Waals surface area (Å²) in [7, 11) is 1.33. The Labute approximate surface area is 105 Å². The van der Waals surface area contributed by atoms with Crippen LogP contribution in [0, 0.1) is 0 Å². The molecule has 3 nitrogen and oxygen atoms in total. The lowest BCUT2D eigenvalue weighted by molar-refractivity contribution is -0.136. The third-order valence-corrected chi connectivity index (χ3v) is 2.46. The molecule has 0 aliphatic carbocycles. The van der Waals surface area contributed by atoms with E-state index >= 15 is 0 Å². The molecule has 0 atom stereocenters. The number of aromatic nitrogens is 1. The van der Waals surface area contributed by atoms with E-state index < -0.39 is 18.5 Å². The maximum atomic E-state index is 12.0. The summed E-state index contributed by atoms with van der Waals surface area (Å²) in [6.07, 6.45) is -2.47. The predicted octanol–water partition coefficient (Wildman–Crippen LogP) is 2.87. The minimum atomic E-state index is -4.26. The van der Waals surface area contributed by atoms with Crippen LogP contribution in [-0.2, 0) is 0 Å². The number of carbonyl (C=O) groups excluding carboxylic acids is 1. The zero-order valence-electron chi connectivity index (χ0n) is 8.96. The van der Waals surface area contributed by atoms with Crippen LogP contribution < -0.4 is 0 Å². The Balaban J connectivity index is 2.64. The molecule has 0 saturated heterocycles. The monoisotopic (exact) mass is 310 g/mol. The molecule has 1 rings (SSSR count). The van der Waals surface area contributed by atoms with E-state index in [0.717, 1.165) is 4.90 Å². The van der Waals surface area contributed by atoms with E-state index in [1.807, 2.05) is 0 Å². The normalized spacial score (nSPS) is 11.4. The van der Waals surface area contributed by atoms with Crippen molar-refractivity contribution in [2.75, 3.05) is 13.6 Å². The Bertz CT molecular complexity index is 409. The third kappa shape index (κ3) is 4.72. The molecular weight excluding hydrogens is 301 g/mol. The summed E-state index contributed by atoms with van der Waals surface area (Å²) in [6.45, 7) is -0.366. The Hall–Kier alpha value is -1.11. The van der Waals surface area contributed by atoms with Gasteiger partial charge in [-0.25, -0.2) is 0 Å². The Kier molecular flexibility index (Phi) is 4.50. The molecule has 0 aliphatic heterocycles. The van der Waals surface area contributed by atoms with Crippen molar-refractivity contribution in [2.24, 2.45) is 0 Å². The lowest BCUT2D eigenvalue weighted by Gasteiger charge is -2.18. The van der Waals surface area contributed by atoms with Crippen LogP contribution >= 0.6 is 15.9 Å². The number of amides is 1. The van der Waals surface area contributed by atoms with Crippen LogP contribution in [0.15, 0.2) is 22.9 Å². The second kappa shape index (κ2) is 5.48. The molecule has 0 N–H and O–H groups in total. The van der Waals surface area contributed by atoms with Gasteiger partial charge in [0.1, 0.15) is 0 Å². The quantitative estimate of drug-likeness (QED) is 0.860. The summed E-state index contributed by atoms with van der Waals surface area (Å²) in [6, 6.07) is 1.51. The highest BCUT2D eigenvalue weighted by Crippen LogP contribution is 2.20. The molecule has 1 aromatic heterocycles. The van der Waals surface area contributed by atoms with Gasteiger partial charge < -0.3 is 4.90 Å². The lowest BCUT2D eigenvalue weighted by Crippen LogP contribution is -2.30. The Morgan fingerprint density at radius 2 is 2.12 bits per heavy atom. The molecule has 0 radical (unpaired) electrons. The first kappa shape index (κ1) is 14.0. The molecule has 17 heavy (non-hydrogen) atoms. The van der Waals surface area contributed by atoms with Crippen LogP contribution in [0.25, 0.3) is 0 Å². The molecule has 0 saturated carbocycles. The highest BCUT2D eigenvalue weighted by Gasteiger charge is 2.28. The minimum absolute atomic E-state index is 0.254. The van der Waals surface area contributed by atoms with E-state index in [1.54, 1.807) is 0 Å². The van der Waals surface area contributed by atoms with Gasteiger partial charge in [0.25, 0.3) is 5.91 Å². The van der Waals surface area contributed by atoms with Crippen LogP contribution in [0.5, 0.6) is 0 Å². The number of hydrogen-bond donors (Lipinski definition) is 0. The van der Waals surface area contributed by atoms with E-state index in [-0.39, 0.29) is 12.1 Å². The van der Waals surface area contributed by atoms with Crippen molar-refractivity contribution >= 4 is 21.8 Å². The van der Waals surface area contributed by atoms with Gasteiger partial charge in [-0.1, -0.05) is 0 Å². The van der Waals surface area contributed by atoms with E-state index in [1.165, 1.54) is 25.5 Å². The first-order chi connectivity index (χ1) is 7.79. The molecule has 1 aromatic rings. The fraction of sp³-hybridized carbons (Fsp3) is 0.400. The molecule has 0 unspecified atom stereocenters. The van der Waals surface area contributed by atoms with Gasteiger partial charge in [0, 0.05) is 30.5 Å². The Morgan fingerprint density at radius 3 is 2.65 bits per heavy atom. The molecule has 0 fully saturated rings. The van der Waals surface area contributed by atoms with E-state index in [0.29, 0.717) is 4.47 Å². The lowest BCUT2D eigenvalue weighted by atomic mass is 10.2. The summed E-state index contributed by atoms with van der Waals surface area (Å²) < 4.78 is 36.6. The van der Waals surface area contributed by atoms with Gasteiger partial charge in [0.05, 0.1) is 12.0 Å². The van der Waals surface area contributed by atoms with E-state index in [2.05, 4.69) is 20.9 Å². The van der Waals surface area contributed by atoms with Gasteiger partial charge in [0.15, 0.2) is 0 Å². The molecule has 1 heterocycles. The summed E-state index contributed by atoms with van der Waals surface area (Å²) >= 11 is 3.14. The zero-order valence-corrected chi connectivity index (χ0v) is 10.5. The van der Waals surface area contributed by atoms with Gasteiger partial charge >= 0.3 is 6.18 Å². The van der Waals surface area contributed by atoms with Crippen LogP contribution in [0.3, 0.4) is 0 Å². The number of alkyl halides is 3. The topological polar surface area (TPSA) is 33.2 Å². The van der Waals surface area contributed by atoms with Crippen molar-refractivity contribution in [1.29, 1.82) is 0 Å². The first-order valence-corrected chi connectivity index (χ1v) is 5.51. The van der Waals surface area contributed by atoms with Gasteiger partial charge in [-0.15, -0.1) is 0 Å². The van der Waals surface area contributed by atoms with E-state index in [9.17, 15) is 18.0 Å². The third-order valence-electron chi connectivity index (χ3n) is 2.03. The zero-order chi connectivity index (χ0) is 13.1. The van der Waals surface area contributed by atoms with Gasteiger partial charge in [-0.05, 0) is 22.0 Å². The second-order valence-corrected chi connectivity index (χ2v) is 4.40. The van der Waals surface area contributed by atoms with Crippen molar-refractivity contribution in [3.05, 3.63) is 28.5 Å². The Morgan fingerprint density at radius 1 is 1.47 bits per heavy atom. The predicted molar refractivity (Wildman–Crippen MR) is 59.6 cm³/mol. The number of rotatable bonds is 3. The van der Waals surface area contributed by atoms with Gasteiger partial charge in [0.2, 0.25) is 0 Å². The fourth-order valence-electron chi connectivity index (χ4n) is 1.15. The second-order valence-electron chi connectivity index (χ2n) is 3.48. The molecule has 0 bridgehead atoms. The summed E-state index contributed by atoms with van der Waals surface area (Å²) in [5, 5.41) is 0. The number of hydrogen-bond acceptors (Lipinski definition) is 2. The maximum Gasteiger partial charge on any atom is 0.390 e. The molecule has 1 amide bonds. The van der Waals surface area contributed by atoms with Crippen molar-refractivity contribution in [1.82, 2.24) is 9.88 Å². The highest BCUT2D eigenvalue weighted by molar-refractivity contribution is 9.10. The minimum Gasteiger partial charge on any atom is -0.341 e. The maximum absolute atomic E-state index is 12.0. The van der Waals surface area contributed by atoms with Crippen molar-refractivity contribution in [3.8, 4) is 0 Å². The number of pyridine rings is 1. The molecular formula is C10H10BrF3N2O. The van der Waals surface area contributed by atoms with Crippen molar-refractivity contribution < 1.29 is 18.0 Å². The summed E-state index contributed by atoms with van der Waals surface area (Å²) in [5.74, 6) is -0.483. The van der Waals surface area contributed by atoms with E-state index in [4.69, 9.17) is 0 Å². The van der Waals surface area contributed by atoms with Gasteiger partial charge in [-0.3, -0.25) is 9.78 Å². The number of halogens is 4. The standard InChI is InChI=1S/C10H10BrF3N2O/c1-16(3-2-10(12,13)14)9(17)7-4-8(11)6-15-5-7/h4-6H,2-3H2,1H3. The number of nitrogens with zero attached hydrogens (tertiary/aromatic N) is 2. The average Bonchev–Trinajstić information content (AvgIpc) is 2.24. The highest BCUT2D eigenvalue weighted by atomic mass is 79.9. The first-order valence-electron chi connectivity index (χ1n) is 4.72. The smallest absolute Gasteiger partial charge is 0.341 e. The van der Waals surface area contributed by atoms with Gasteiger partial charge in [-0.2, -0.15) is 13.2 Å². The molecule has 7 heteroatoms. The largest absolute Gasteiger partial charge is 0.390 e. The number of carbonyl (C=O) groups is 1. The van der Waals surface area contributed by atoms with Crippen LogP contribution in [0.1, 0.15) is 16.8 Å².